The fourth-order valence-electron chi connectivity index (χ4n) is 2.34. The lowest BCUT2D eigenvalue weighted by molar-refractivity contribution is 0.0697. The first-order valence-electron chi connectivity index (χ1n) is 6.44. The van der Waals surface area contributed by atoms with Gasteiger partial charge >= 0.3 is 5.97 Å². The zero-order valence-electron chi connectivity index (χ0n) is 11.3. The van der Waals surface area contributed by atoms with Gasteiger partial charge in [-0.2, -0.15) is 0 Å². The highest BCUT2D eigenvalue weighted by Gasteiger charge is 2.15. The van der Waals surface area contributed by atoms with Gasteiger partial charge in [0.25, 0.3) is 0 Å². The SMILES string of the molecule is Cc1cccc2c(=O)cc(-c3ccccc3C(=O)O)oc12. The summed E-state index contributed by atoms with van der Waals surface area (Å²) >= 11 is 0. The van der Waals surface area contributed by atoms with Crippen LogP contribution in [0.4, 0.5) is 0 Å². The standard InChI is InChI=1S/C17H12O4/c1-10-5-4-8-13-14(18)9-15(21-16(10)13)11-6-2-3-7-12(11)17(19)20/h2-9H,1H3,(H,19,20). The van der Waals surface area contributed by atoms with E-state index in [4.69, 9.17) is 4.42 Å². The second-order valence-corrected chi connectivity index (χ2v) is 4.78. The summed E-state index contributed by atoms with van der Waals surface area (Å²) in [5.74, 6) is -0.794. The van der Waals surface area contributed by atoms with Gasteiger partial charge in [0.1, 0.15) is 11.3 Å². The molecule has 0 fully saturated rings. The lowest BCUT2D eigenvalue weighted by atomic mass is 10.0. The first-order valence-corrected chi connectivity index (χ1v) is 6.44. The molecule has 0 aliphatic rings. The molecule has 0 spiro atoms. The largest absolute Gasteiger partial charge is 0.478 e. The van der Waals surface area contributed by atoms with Crippen LogP contribution >= 0.6 is 0 Å². The second-order valence-electron chi connectivity index (χ2n) is 4.78. The summed E-state index contributed by atoms with van der Waals surface area (Å²) in [7, 11) is 0. The first-order chi connectivity index (χ1) is 10.1. The van der Waals surface area contributed by atoms with Crippen LogP contribution < -0.4 is 5.43 Å². The van der Waals surface area contributed by atoms with E-state index < -0.39 is 5.97 Å². The van der Waals surface area contributed by atoms with Gasteiger partial charge in [-0.15, -0.1) is 0 Å². The van der Waals surface area contributed by atoms with Crippen LogP contribution in [0.5, 0.6) is 0 Å². The van der Waals surface area contributed by atoms with Crippen molar-refractivity contribution < 1.29 is 14.3 Å². The number of hydrogen-bond acceptors (Lipinski definition) is 3. The predicted octanol–water partition coefficient (Wildman–Crippen LogP) is 3.47. The van der Waals surface area contributed by atoms with Crippen molar-refractivity contribution in [3.63, 3.8) is 0 Å². The third-order valence-electron chi connectivity index (χ3n) is 3.37. The molecule has 0 bridgehead atoms. The Bertz CT molecular complexity index is 906. The van der Waals surface area contributed by atoms with E-state index in [-0.39, 0.29) is 16.8 Å². The molecule has 1 N–H and O–H groups in total. The molecule has 0 amide bonds. The molecule has 0 aliphatic carbocycles. The van der Waals surface area contributed by atoms with E-state index in [0.717, 1.165) is 5.56 Å². The Labute approximate surface area is 120 Å². The van der Waals surface area contributed by atoms with Gasteiger partial charge in [-0.25, -0.2) is 4.79 Å². The van der Waals surface area contributed by atoms with Crippen LogP contribution in [0.15, 0.2) is 57.7 Å². The molecule has 0 unspecified atom stereocenters. The van der Waals surface area contributed by atoms with Gasteiger partial charge in [0.15, 0.2) is 5.43 Å². The molecule has 0 atom stereocenters. The van der Waals surface area contributed by atoms with Crippen LogP contribution in [-0.2, 0) is 0 Å². The molecule has 2 aromatic carbocycles. The predicted molar refractivity (Wildman–Crippen MR) is 79.6 cm³/mol. The summed E-state index contributed by atoms with van der Waals surface area (Å²) in [6.07, 6.45) is 0. The third kappa shape index (κ3) is 2.21. The minimum absolute atomic E-state index is 0.105. The summed E-state index contributed by atoms with van der Waals surface area (Å²) in [5.41, 5.74) is 1.63. The second kappa shape index (κ2) is 4.90. The van der Waals surface area contributed by atoms with Gasteiger partial charge in [0.2, 0.25) is 0 Å². The fraction of sp³-hybridized carbons (Fsp3) is 0.0588. The average molecular weight is 280 g/mol. The van der Waals surface area contributed by atoms with Crippen LogP contribution in [-0.4, -0.2) is 11.1 Å². The van der Waals surface area contributed by atoms with Crippen molar-refractivity contribution in [2.75, 3.05) is 0 Å². The molecule has 0 radical (unpaired) electrons. The number of para-hydroxylation sites is 1. The van der Waals surface area contributed by atoms with E-state index in [2.05, 4.69) is 0 Å². The summed E-state index contributed by atoms with van der Waals surface area (Å²) in [6, 6.07) is 13.1. The molecular weight excluding hydrogens is 268 g/mol. The summed E-state index contributed by atoms with van der Waals surface area (Å²) in [5, 5.41) is 9.74. The number of hydrogen-bond donors (Lipinski definition) is 1. The molecular formula is C17H12O4. The number of rotatable bonds is 2. The molecule has 3 aromatic rings. The van der Waals surface area contributed by atoms with Gasteiger partial charge in [-0.3, -0.25) is 4.79 Å². The maximum absolute atomic E-state index is 12.2. The minimum atomic E-state index is -1.06. The number of carboxylic acid groups (broad SMARTS) is 1. The topological polar surface area (TPSA) is 67.5 Å². The maximum atomic E-state index is 12.2. The highest BCUT2D eigenvalue weighted by atomic mass is 16.4. The van der Waals surface area contributed by atoms with Crippen molar-refractivity contribution in [2.45, 2.75) is 6.92 Å². The molecule has 4 heteroatoms. The van der Waals surface area contributed by atoms with E-state index in [1.165, 1.54) is 12.1 Å². The highest BCUT2D eigenvalue weighted by molar-refractivity contribution is 5.95. The first kappa shape index (κ1) is 13.1. The van der Waals surface area contributed by atoms with E-state index in [0.29, 0.717) is 16.5 Å². The van der Waals surface area contributed by atoms with Crippen molar-refractivity contribution in [3.8, 4) is 11.3 Å². The molecule has 1 heterocycles. The molecule has 3 rings (SSSR count). The van der Waals surface area contributed by atoms with Crippen molar-refractivity contribution >= 4 is 16.9 Å². The van der Waals surface area contributed by atoms with Crippen LogP contribution in [0.2, 0.25) is 0 Å². The van der Waals surface area contributed by atoms with Crippen LogP contribution in [0.3, 0.4) is 0 Å². The van der Waals surface area contributed by atoms with Gasteiger partial charge < -0.3 is 9.52 Å². The number of aromatic carboxylic acids is 1. The third-order valence-corrected chi connectivity index (χ3v) is 3.37. The monoisotopic (exact) mass is 280 g/mol. The normalized spacial score (nSPS) is 10.7. The molecule has 21 heavy (non-hydrogen) atoms. The molecule has 4 nitrogen and oxygen atoms in total. The molecule has 0 saturated carbocycles. The molecule has 1 aromatic heterocycles. The van der Waals surface area contributed by atoms with Crippen LogP contribution in [0, 0.1) is 6.92 Å². The zero-order chi connectivity index (χ0) is 15.0. The Morgan fingerprint density at radius 2 is 1.86 bits per heavy atom. The number of carboxylic acids is 1. The molecule has 104 valence electrons. The van der Waals surface area contributed by atoms with Crippen molar-refractivity contribution in [1.82, 2.24) is 0 Å². The Morgan fingerprint density at radius 3 is 2.62 bits per heavy atom. The van der Waals surface area contributed by atoms with Crippen LogP contribution in [0.1, 0.15) is 15.9 Å². The smallest absolute Gasteiger partial charge is 0.336 e. The minimum Gasteiger partial charge on any atom is -0.478 e. The number of benzene rings is 2. The lowest BCUT2D eigenvalue weighted by Crippen LogP contribution is -2.04. The molecule has 0 saturated heterocycles. The van der Waals surface area contributed by atoms with Crippen molar-refractivity contribution in [2.24, 2.45) is 0 Å². The van der Waals surface area contributed by atoms with E-state index in [1.54, 1.807) is 30.3 Å². The Balaban J connectivity index is 2.35. The summed E-state index contributed by atoms with van der Waals surface area (Å²) < 4.78 is 5.79. The Kier molecular flexibility index (Phi) is 3.06. The van der Waals surface area contributed by atoms with E-state index >= 15 is 0 Å². The zero-order valence-corrected chi connectivity index (χ0v) is 11.3. The van der Waals surface area contributed by atoms with E-state index in [1.807, 2.05) is 13.0 Å². The van der Waals surface area contributed by atoms with Gasteiger partial charge in [0.05, 0.1) is 10.9 Å². The van der Waals surface area contributed by atoms with Crippen molar-refractivity contribution in [1.29, 1.82) is 0 Å². The van der Waals surface area contributed by atoms with Gasteiger partial charge in [0, 0.05) is 11.6 Å². The fourth-order valence-corrected chi connectivity index (χ4v) is 2.34. The van der Waals surface area contributed by atoms with Gasteiger partial charge in [-0.1, -0.05) is 30.3 Å². The highest BCUT2D eigenvalue weighted by Crippen LogP contribution is 2.26. The number of fused-ring (bicyclic) bond motifs is 1. The van der Waals surface area contributed by atoms with Crippen molar-refractivity contribution in [3.05, 3.63) is 69.9 Å². The number of carbonyl (C=O) groups is 1. The maximum Gasteiger partial charge on any atom is 0.336 e. The quantitative estimate of drug-likeness (QED) is 0.780. The van der Waals surface area contributed by atoms with E-state index in [9.17, 15) is 14.7 Å². The van der Waals surface area contributed by atoms with Gasteiger partial charge in [-0.05, 0) is 24.6 Å². The Hall–Kier alpha value is -2.88. The summed E-state index contributed by atoms with van der Waals surface area (Å²) in [4.78, 5) is 23.5. The number of aryl methyl sites for hydroxylation is 1. The summed E-state index contributed by atoms with van der Waals surface area (Å²) in [6.45, 7) is 1.85. The lowest BCUT2D eigenvalue weighted by Gasteiger charge is -2.07. The molecule has 0 aliphatic heterocycles. The average Bonchev–Trinajstić information content (AvgIpc) is 2.48. The van der Waals surface area contributed by atoms with Crippen LogP contribution in [0.25, 0.3) is 22.3 Å². The Morgan fingerprint density at radius 1 is 1.10 bits per heavy atom.